The van der Waals surface area contributed by atoms with E-state index in [2.05, 4.69) is 0 Å². The molecule has 0 spiro atoms. The maximum Gasteiger partial charge on any atom is 0.326 e. The van der Waals surface area contributed by atoms with E-state index in [1.165, 1.54) is 4.90 Å². The summed E-state index contributed by atoms with van der Waals surface area (Å²) in [6.07, 6.45) is -0.566. The molecule has 94 valence electrons. The molecule has 1 aliphatic rings. The second kappa shape index (κ2) is 4.84. The van der Waals surface area contributed by atoms with E-state index in [-0.39, 0.29) is 23.6 Å². The van der Waals surface area contributed by atoms with Crippen LogP contribution in [0.3, 0.4) is 0 Å². The molecule has 2 rings (SSSR count). The van der Waals surface area contributed by atoms with Crippen molar-refractivity contribution in [2.75, 3.05) is 11.4 Å². The van der Waals surface area contributed by atoms with Gasteiger partial charge in [-0.25, -0.2) is 4.79 Å². The van der Waals surface area contributed by atoms with Gasteiger partial charge in [0.25, 0.3) is 0 Å². The molecule has 2 atom stereocenters. The van der Waals surface area contributed by atoms with Gasteiger partial charge < -0.3 is 15.1 Å². The zero-order valence-electron chi connectivity index (χ0n) is 9.38. The number of nitriles is 1. The highest BCUT2D eigenvalue weighted by Gasteiger charge is 2.37. The molecule has 1 aromatic carbocycles. The summed E-state index contributed by atoms with van der Waals surface area (Å²) >= 11 is 5.91. The number of carbonyl (C=O) groups is 1. The Morgan fingerprint density at radius 2 is 2.28 bits per heavy atom. The predicted octanol–water partition coefficient (Wildman–Crippen LogP) is 1.24. The number of nitrogens with zero attached hydrogens (tertiary/aromatic N) is 2. The third kappa shape index (κ3) is 2.13. The van der Waals surface area contributed by atoms with Crippen LogP contribution in [0.5, 0.6) is 0 Å². The molecule has 1 fully saturated rings. The molecule has 5 nitrogen and oxygen atoms in total. The molecule has 0 saturated carbocycles. The Bertz CT molecular complexity index is 527. The van der Waals surface area contributed by atoms with Crippen molar-refractivity contribution >= 4 is 23.3 Å². The van der Waals surface area contributed by atoms with Crippen molar-refractivity contribution in [3.63, 3.8) is 0 Å². The van der Waals surface area contributed by atoms with Gasteiger partial charge in [0.15, 0.2) is 0 Å². The zero-order chi connectivity index (χ0) is 13.3. The monoisotopic (exact) mass is 266 g/mol. The molecule has 2 N–H and O–H groups in total. The van der Waals surface area contributed by atoms with E-state index in [0.717, 1.165) is 0 Å². The van der Waals surface area contributed by atoms with Crippen LogP contribution in [0.1, 0.15) is 12.0 Å². The summed E-state index contributed by atoms with van der Waals surface area (Å²) in [4.78, 5) is 12.7. The highest BCUT2D eigenvalue weighted by molar-refractivity contribution is 6.32. The van der Waals surface area contributed by atoms with E-state index in [1.807, 2.05) is 6.07 Å². The molecule has 0 radical (unpaired) electrons. The van der Waals surface area contributed by atoms with Gasteiger partial charge in [-0.05, 0) is 12.1 Å². The van der Waals surface area contributed by atoms with E-state index in [0.29, 0.717) is 5.69 Å². The number of aliphatic hydroxyl groups is 1. The smallest absolute Gasteiger partial charge is 0.326 e. The Hall–Kier alpha value is -1.77. The molecule has 1 aromatic rings. The minimum Gasteiger partial charge on any atom is -0.480 e. The average molecular weight is 267 g/mol. The number of aliphatic hydroxyl groups excluding tert-OH is 1. The number of hydrogen-bond donors (Lipinski definition) is 2. The first-order valence-corrected chi connectivity index (χ1v) is 5.78. The molecule has 0 amide bonds. The van der Waals surface area contributed by atoms with Crippen LogP contribution >= 0.6 is 11.6 Å². The Kier molecular flexibility index (Phi) is 3.41. The summed E-state index contributed by atoms with van der Waals surface area (Å²) in [5, 5.41) is 28.1. The van der Waals surface area contributed by atoms with Gasteiger partial charge in [0.05, 0.1) is 22.4 Å². The first-order chi connectivity index (χ1) is 8.54. The van der Waals surface area contributed by atoms with Crippen LogP contribution in [0.2, 0.25) is 5.02 Å². The number of carboxylic acids is 1. The van der Waals surface area contributed by atoms with Crippen LogP contribution in [-0.4, -0.2) is 34.9 Å². The summed E-state index contributed by atoms with van der Waals surface area (Å²) < 4.78 is 0. The van der Waals surface area contributed by atoms with Gasteiger partial charge in [-0.2, -0.15) is 5.26 Å². The van der Waals surface area contributed by atoms with Gasteiger partial charge in [0.1, 0.15) is 12.1 Å². The molecule has 18 heavy (non-hydrogen) atoms. The quantitative estimate of drug-likeness (QED) is 0.841. The zero-order valence-corrected chi connectivity index (χ0v) is 10.1. The standard InChI is InChI=1S/C12H11ClN2O3/c13-9-2-1-3-10(8(9)5-14)15-6-7(16)4-11(15)12(17)18/h1-3,7,11,16H,4,6H2,(H,17,18). The van der Waals surface area contributed by atoms with E-state index in [1.54, 1.807) is 18.2 Å². The number of hydrogen-bond acceptors (Lipinski definition) is 4. The topological polar surface area (TPSA) is 84.6 Å². The van der Waals surface area contributed by atoms with E-state index >= 15 is 0 Å². The number of aliphatic carboxylic acids is 1. The summed E-state index contributed by atoms with van der Waals surface area (Å²) in [6.45, 7) is 0.186. The van der Waals surface area contributed by atoms with Crippen LogP contribution < -0.4 is 4.90 Å². The van der Waals surface area contributed by atoms with Gasteiger partial charge in [-0.1, -0.05) is 17.7 Å². The van der Waals surface area contributed by atoms with Gasteiger partial charge in [-0.3, -0.25) is 0 Å². The molecule has 6 heteroatoms. The molecule has 0 aliphatic carbocycles. The molecular formula is C12H11ClN2O3. The number of anilines is 1. The van der Waals surface area contributed by atoms with Crippen molar-refractivity contribution in [1.82, 2.24) is 0 Å². The van der Waals surface area contributed by atoms with Crippen molar-refractivity contribution in [1.29, 1.82) is 5.26 Å². The van der Waals surface area contributed by atoms with Crippen molar-refractivity contribution in [3.05, 3.63) is 28.8 Å². The number of β-amino-alcohol motifs (C(OH)–C–C–N with tert-alkyl or cyclic N) is 1. The van der Waals surface area contributed by atoms with E-state index in [9.17, 15) is 9.90 Å². The Labute approximate surface area is 109 Å². The van der Waals surface area contributed by atoms with Gasteiger partial charge >= 0.3 is 5.97 Å². The van der Waals surface area contributed by atoms with E-state index < -0.39 is 18.1 Å². The molecule has 1 saturated heterocycles. The molecule has 1 heterocycles. The highest BCUT2D eigenvalue weighted by Crippen LogP contribution is 2.32. The lowest BCUT2D eigenvalue weighted by atomic mass is 10.1. The van der Waals surface area contributed by atoms with Crippen molar-refractivity contribution in [2.45, 2.75) is 18.6 Å². The van der Waals surface area contributed by atoms with E-state index in [4.69, 9.17) is 22.0 Å². The minimum absolute atomic E-state index is 0.146. The highest BCUT2D eigenvalue weighted by atomic mass is 35.5. The van der Waals surface area contributed by atoms with Gasteiger partial charge in [0.2, 0.25) is 0 Å². The first-order valence-electron chi connectivity index (χ1n) is 5.40. The molecule has 0 aromatic heterocycles. The molecular weight excluding hydrogens is 256 g/mol. The molecule has 2 unspecified atom stereocenters. The molecule has 0 bridgehead atoms. The van der Waals surface area contributed by atoms with Crippen molar-refractivity contribution < 1.29 is 15.0 Å². The minimum atomic E-state index is -1.02. The van der Waals surface area contributed by atoms with Gasteiger partial charge in [-0.15, -0.1) is 0 Å². The Morgan fingerprint density at radius 3 is 2.89 bits per heavy atom. The van der Waals surface area contributed by atoms with Crippen LogP contribution in [0.4, 0.5) is 5.69 Å². The average Bonchev–Trinajstić information content (AvgIpc) is 2.71. The maximum atomic E-state index is 11.1. The lowest BCUT2D eigenvalue weighted by Gasteiger charge is -2.24. The third-order valence-electron chi connectivity index (χ3n) is 2.98. The summed E-state index contributed by atoms with van der Waals surface area (Å²) in [7, 11) is 0. The fourth-order valence-corrected chi connectivity index (χ4v) is 2.39. The summed E-state index contributed by atoms with van der Waals surface area (Å²) in [5.74, 6) is -1.02. The van der Waals surface area contributed by atoms with Crippen molar-refractivity contribution in [2.24, 2.45) is 0 Å². The van der Waals surface area contributed by atoms with Crippen LogP contribution in [0.25, 0.3) is 0 Å². The lowest BCUT2D eigenvalue weighted by molar-refractivity contribution is -0.138. The second-order valence-electron chi connectivity index (χ2n) is 4.14. The third-order valence-corrected chi connectivity index (χ3v) is 3.29. The largest absolute Gasteiger partial charge is 0.480 e. The predicted molar refractivity (Wildman–Crippen MR) is 65.6 cm³/mol. The van der Waals surface area contributed by atoms with Crippen LogP contribution in [-0.2, 0) is 4.79 Å². The fourth-order valence-electron chi connectivity index (χ4n) is 2.18. The van der Waals surface area contributed by atoms with Crippen LogP contribution in [0, 0.1) is 11.3 Å². The lowest BCUT2D eigenvalue weighted by Crippen LogP contribution is -2.36. The summed E-state index contributed by atoms with van der Waals surface area (Å²) in [6, 6.07) is 6.01. The maximum absolute atomic E-state index is 11.1. The number of halogens is 1. The number of rotatable bonds is 2. The second-order valence-corrected chi connectivity index (χ2v) is 4.55. The first kappa shape index (κ1) is 12.7. The van der Waals surface area contributed by atoms with Gasteiger partial charge in [0, 0.05) is 13.0 Å². The number of benzene rings is 1. The number of carboxylic acid groups (broad SMARTS) is 1. The van der Waals surface area contributed by atoms with Crippen LogP contribution in [0.15, 0.2) is 18.2 Å². The summed E-state index contributed by atoms with van der Waals surface area (Å²) in [5.41, 5.74) is 0.688. The molecule has 1 aliphatic heterocycles. The van der Waals surface area contributed by atoms with Crippen molar-refractivity contribution in [3.8, 4) is 6.07 Å². The SMILES string of the molecule is N#Cc1c(Cl)cccc1N1CC(O)CC1C(=O)O. The Balaban J connectivity index is 2.45. The Morgan fingerprint density at radius 1 is 1.56 bits per heavy atom. The fraction of sp³-hybridized carbons (Fsp3) is 0.333. The normalized spacial score (nSPS) is 22.8.